The van der Waals surface area contributed by atoms with Gasteiger partial charge in [-0.1, -0.05) is 13.0 Å². The van der Waals surface area contributed by atoms with Crippen molar-refractivity contribution in [3.63, 3.8) is 0 Å². The van der Waals surface area contributed by atoms with Gasteiger partial charge in [0.2, 0.25) is 10.0 Å². The number of hydrogen-bond donors (Lipinski definition) is 3. The lowest BCUT2D eigenvalue weighted by atomic mass is 9.99. The van der Waals surface area contributed by atoms with Crippen molar-refractivity contribution in [2.45, 2.75) is 32.5 Å². The Hall–Kier alpha value is -3.09. The van der Waals surface area contributed by atoms with Gasteiger partial charge in [-0.3, -0.25) is 4.72 Å². The number of nitrogens with one attached hydrogen (secondary N) is 3. The average molecular weight is 487 g/mol. The van der Waals surface area contributed by atoms with E-state index in [0.717, 1.165) is 25.2 Å². The summed E-state index contributed by atoms with van der Waals surface area (Å²) in [5.74, 6) is 0.807. The fraction of sp³-hybridized carbons (Fsp3) is 0.450. The average Bonchev–Trinajstić information content (AvgIpc) is 2.72. The van der Waals surface area contributed by atoms with Gasteiger partial charge in [-0.05, 0) is 37.0 Å². The van der Waals surface area contributed by atoms with Crippen LogP contribution in [0, 0.1) is 5.92 Å². The molecule has 0 unspecified atom stereocenters. The lowest BCUT2D eigenvalue weighted by Gasteiger charge is -2.33. The SMILES string of the molecule is CC1CCN(c2nc(C(F)(F)F)ccc2CNC(=O)Nc2ccc(NS(C)(=O)=O)nc2)CC1. The molecule has 33 heavy (non-hydrogen) atoms. The molecule has 0 radical (unpaired) electrons. The van der Waals surface area contributed by atoms with Gasteiger partial charge in [-0.25, -0.2) is 23.2 Å². The fourth-order valence-corrected chi connectivity index (χ4v) is 3.84. The van der Waals surface area contributed by atoms with Gasteiger partial charge < -0.3 is 15.5 Å². The summed E-state index contributed by atoms with van der Waals surface area (Å²) in [6.45, 7) is 3.25. The predicted octanol–water partition coefficient (Wildman–Crippen LogP) is 3.42. The molecular weight excluding hydrogens is 461 g/mol. The number of urea groups is 1. The Morgan fingerprint density at radius 3 is 2.45 bits per heavy atom. The van der Waals surface area contributed by atoms with Gasteiger partial charge in [-0.2, -0.15) is 13.2 Å². The van der Waals surface area contributed by atoms with Gasteiger partial charge in [0.1, 0.15) is 17.3 Å². The van der Waals surface area contributed by atoms with E-state index in [4.69, 9.17) is 0 Å². The number of piperidine rings is 1. The van der Waals surface area contributed by atoms with Crippen molar-refractivity contribution in [1.29, 1.82) is 0 Å². The maximum absolute atomic E-state index is 13.2. The van der Waals surface area contributed by atoms with Crippen molar-refractivity contribution in [3.8, 4) is 0 Å². The standard InChI is InChI=1S/C20H25F3N6O3S/c1-13-7-9-29(10-8-13)18-14(3-5-16(27-18)20(21,22)23)11-25-19(30)26-15-4-6-17(24-12-15)28-33(2,31)32/h3-6,12-13H,7-11H2,1-2H3,(H,24,28)(H2,25,26,30). The molecule has 1 aliphatic heterocycles. The summed E-state index contributed by atoms with van der Waals surface area (Å²) in [5.41, 5.74) is -0.195. The summed E-state index contributed by atoms with van der Waals surface area (Å²) in [7, 11) is -3.47. The lowest BCUT2D eigenvalue weighted by molar-refractivity contribution is -0.141. The van der Waals surface area contributed by atoms with Crippen LogP contribution in [0.15, 0.2) is 30.5 Å². The topological polar surface area (TPSA) is 116 Å². The molecule has 2 amide bonds. The Morgan fingerprint density at radius 1 is 1.18 bits per heavy atom. The highest BCUT2D eigenvalue weighted by molar-refractivity contribution is 7.92. The number of carbonyl (C=O) groups is 1. The van der Waals surface area contributed by atoms with Crippen molar-refractivity contribution in [1.82, 2.24) is 15.3 Å². The van der Waals surface area contributed by atoms with E-state index in [2.05, 4.69) is 32.2 Å². The molecule has 0 saturated carbocycles. The molecule has 2 aromatic rings. The molecule has 9 nitrogen and oxygen atoms in total. The molecule has 3 rings (SSSR count). The first-order valence-corrected chi connectivity index (χ1v) is 12.1. The van der Waals surface area contributed by atoms with Crippen LogP contribution in [0.5, 0.6) is 0 Å². The summed E-state index contributed by atoms with van der Waals surface area (Å²) < 4.78 is 64.2. The molecule has 0 atom stereocenters. The van der Waals surface area contributed by atoms with Crippen LogP contribution in [0.25, 0.3) is 0 Å². The van der Waals surface area contributed by atoms with Crippen LogP contribution < -0.4 is 20.3 Å². The molecule has 2 aromatic heterocycles. The van der Waals surface area contributed by atoms with Crippen LogP contribution in [-0.4, -0.2) is 43.8 Å². The number of rotatable bonds is 6. The molecule has 1 fully saturated rings. The molecule has 1 aliphatic rings. The molecule has 0 aromatic carbocycles. The second kappa shape index (κ2) is 9.81. The third-order valence-corrected chi connectivity index (χ3v) is 5.66. The summed E-state index contributed by atoms with van der Waals surface area (Å²) in [5, 5.41) is 5.15. The molecule has 1 saturated heterocycles. The molecule has 0 bridgehead atoms. The zero-order chi connectivity index (χ0) is 24.2. The minimum atomic E-state index is -4.56. The maximum atomic E-state index is 13.2. The highest BCUT2D eigenvalue weighted by Gasteiger charge is 2.34. The van der Waals surface area contributed by atoms with Crippen LogP contribution >= 0.6 is 0 Å². The van der Waals surface area contributed by atoms with E-state index in [-0.39, 0.29) is 18.2 Å². The summed E-state index contributed by atoms with van der Waals surface area (Å²) >= 11 is 0. The van der Waals surface area contributed by atoms with Crippen LogP contribution in [0.1, 0.15) is 31.0 Å². The molecule has 0 spiro atoms. The lowest BCUT2D eigenvalue weighted by Crippen LogP contribution is -2.35. The number of sulfonamides is 1. The second-order valence-corrected chi connectivity index (χ2v) is 9.71. The zero-order valence-corrected chi connectivity index (χ0v) is 18.9. The largest absolute Gasteiger partial charge is 0.433 e. The van der Waals surface area contributed by atoms with Gasteiger partial charge in [0.15, 0.2) is 0 Å². The number of anilines is 3. The van der Waals surface area contributed by atoms with E-state index in [1.807, 2.05) is 4.90 Å². The van der Waals surface area contributed by atoms with Crippen LogP contribution in [0.4, 0.5) is 35.3 Å². The Bertz CT molecular complexity index is 1090. The fourth-order valence-electron chi connectivity index (χ4n) is 3.34. The first-order valence-electron chi connectivity index (χ1n) is 10.2. The van der Waals surface area contributed by atoms with Crippen molar-refractivity contribution in [3.05, 3.63) is 41.7 Å². The molecule has 13 heteroatoms. The summed E-state index contributed by atoms with van der Waals surface area (Å²) in [6.07, 6.45) is -0.604. The number of halogens is 3. The Morgan fingerprint density at radius 2 is 1.88 bits per heavy atom. The number of alkyl halides is 3. The van der Waals surface area contributed by atoms with E-state index in [1.165, 1.54) is 24.4 Å². The summed E-state index contributed by atoms with van der Waals surface area (Å²) in [4.78, 5) is 21.9. The number of aromatic nitrogens is 2. The molecule has 3 N–H and O–H groups in total. The number of hydrogen-bond acceptors (Lipinski definition) is 6. The first kappa shape index (κ1) is 24.6. The minimum Gasteiger partial charge on any atom is -0.356 e. The quantitative estimate of drug-likeness (QED) is 0.576. The van der Waals surface area contributed by atoms with Crippen molar-refractivity contribution < 1.29 is 26.4 Å². The molecule has 180 valence electrons. The van der Waals surface area contributed by atoms with E-state index >= 15 is 0 Å². The van der Waals surface area contributed by atoms with E-state index in [1.54, 1.807) is 0 Å². The van der Waals surface area contributed by atoms with Crippen LogP contribution in [0.3, 0.4) is 0 Å². The van der Waals surface area contributed by atoms with Crippen LogP contribution in [-0.2, 0) is 22.7 Å². The molecule has 3 heterocycles. The number of pyridine rings is 2. The number of amides is 2. The highest BCUT2D eigenvalue weighted by Crippen LogP contribution is 2.32. The van der Waals surface area contributed by atoms with E-state index in [0.29, 0.717) is 30.3 Å². The van der Waals surface area contributed by atoms with E-state index in [9.17, 15) is 26.4 Å². The monoisotopic (exact) mass is 486 g/mol. The Kier molecular flexibility index (Phi) is 7.30. The predicted molar refractivity (Wildman–Crippen MR) is 118 cm³/mol. The van der Waals surface area contributed by atoms with Gasteiger partial charge in [0.25, 0.3) is 0 Å². The highest BCUT2D eigenvalue weighted by atomic mass is 32.2. The number of nitrogens with zero attached hydrogens (tertiary/aromatic N) is 3. The second-order valence-electron chi connectivity index (χ2n) is 7.96. The normalized spacial score (nSPS) is 15.2. The van der Waals surface area contributed by atoms with Gasteiger partial charge in [0, 0.05) is 25.2 Å². The Labute approximate surface area is 189 Å². The Balaban J connectivity index is 1.67. The number of carbonyl (C=O) groups excluding carboxylic acids is 1. The zero-order valence-electron chi connectivity index (χ0n) is 18.1. The molecular formula is C20H25F3N6O3S. The first-order chi connectivity index (χ1) is 15.4. The van der Waals surface area contributed by atoms with Gasteiger partial charge in [-0.15, -0.1) is 0 Å². The smallest absolute Gasteiger partial charge is 0.356 e. The summed E-state index contributed by atoms with van der Waals surface area (Å²) in [6, 6.07) is 4.48. The molecule has 0 aliphatic carbocycles. The van der Waals surface area contributed by atoms with E-state index < -0.39 is 27.9 Å². The third-order valence-electron chi connectivity index (χ3n) is 5.08. The van der Waals surface area contributed by atoms with Crippen molar-refractivity contribution in [2.24, 2.45) is 5.92 Å². The third kappa shape index (κ3) is 7.20. The maximum Gasteiger partial charge on any atom is 0.433 e. The van der Waals surface area contributed by atoms with Crippen molar-refractivity contribution >= 4 is 33.4 Å². The minimum absolute atomic E-state index is 0.0283. The van der Waals surface area contributed by atoms with Crippen molar-refractivity contribution in [2.75, 3.05) is 34.3 Å². The van der Waals surface area contributed by atoms with Crippen LogP contribution in [0.2, 0.25) is 0 Å². The van der Waals surface area contributed by atoms with Gasteiger partial charge in [0.05, 0.1) is 18.1 Å². The van der Waals surface area contributed by atoms with Gasteiger partial charge >= 0.3 is 12.2 Å².